The maximum atomic E-state index is 5.00. The summed E-state index contributed by atoms with van der Waals surface area (Å²) in [7, 11) is 0. The normalized spacial score (nSPS) is 23.2. The zero-order chi connectivity index (χ0) is 10.3. The molecule has 15 heavy (non-hydrogen) atoms. The quantitative estimate of drug-likeness (QED) is 0.757. The van der Waals surface area contributed by atoms with Gasteiger partial charge in [0.25, 0.3) is 0 Å². The van der Waals surface area contributed by atoms with Crippen molar-refractivity contribution in [1.82, 2.24) is 5.48 Å². The molecule has 0 saturated heterocycles. The molecule has 0 fully saturated rings. The molecular weight excluding hydrogens is 186 g/mol. The van der Waals surface area contributed by atoms with Crippen molar-refractivity contribution < 1.29 is 4.84 Å². The Balaban J connectivity index is 1.66. The minimum Gasteiger partial charge on any atom is -0.390 e. The fourth-order valence-corrected chi connectivity index (χ4v) is 1.87. The summed E-state index contributed by atoms with van der Waals surface area (Å²) >= 11 is 0. The molecule has 0 spiro atoms. The highest BCUT2D eigenvalue weighted by Gasteiger charge is 2.06. The molecule has 0 aromatic rings. The van der Waals surface area contributed by atoms with E-state index in [1.807, 2.05) is 6.08 Å². The first-order valence-corrected chi connectivity index (χ1v) is 5.56. The van der Waals surface area contributed by atoms with E-state index in [2.05, 4.69) is 35.9 Å². The van der Waals surface area contributed by atoms with Gasteiger partial charge >= 0.3 is 0 Å². The van der Waals surface area contributed by atoms with E-state index in [4.69, 9.17) is 4.84 Å². The van der Waals surface area contributed by atoms with Crippen LogP contribution in [-0.4, -0.2) is 0 Å². The molecule has 2 heteroatoms. The van der Waals surface area contributed by atoms with Gasteiger partial charge in [0.2, 0.25) is 0 Å². The molecule has 80 valence electrons. The van der Waals surface area contributed by atoms with Gasteiger partial charge in [-0.05, 0) is 43.8 Å². The zero-order valence-electron chi connectivity index (χ0n) is 8.86. The number of rotatable bonds is 4. The van der Waals surface area contributed by atoms with Crippen LogP contribution in [0.15, 0.2) is 48.4 Å². The smallest absolute Gasteiger partial charge is 0.119 e. The van der Waals surface area contributed by atoms with E-state index in [1.165, 1.54) is 25.0 Å². The first-order valence-electron chi connectivity index (χ1n) is 5.56. The lowest BCUT2D eigenvalue weighted by Gasteiger charge is -2.15. The van der Waals surface area contributed by atoms with Crippen LogP contribution >= 0.6 is 0 Å². The van der Waals surface area contributed by atoms with Crippen LogP contribution in [0.5, 0.6) is 0 Å². The van der Waals surface area contributed by atoms with Crippen LogP contribution in [0.3, 0.4) is 0 Å². The Morgan fingerprint density at radius 3 is 3.07 bits per heavy atom. The van der Waals surface area contributed by atoms with Gasteiger partial charge in [-0.1, -0.05) is 24.3 Å². The van der Waals surface area contributed by atoms with Crippen molar-refractivity contribution in [3.63, 3.8) is 0 Å². The van der Waals surface area contributed by atoms with Crippen molar-refractivity contribution in [1.29, 1.82) is 0 Å². The molecule has 1 unspecified atom stereocenters. The van der Waals surface area contributed by atoms with Crippen molar-refractivity contribution >= 4 is 0 Å². The SMILES string of the molecule is C1=CCC(CCCC2=CC=CON2)C=C1. The Morgan fingerprint density at radius 1 is 1.33 bits per heavy atom. The third kappa shape index (κ3) is 3.31. The van der Waals surface area contributed by atoms with E-state index in [1.54, 1.807) is 6.26 Å². The number of hydrogen-bond acceptors (Lipinski definition) is 2. The monoisotopic (exact) mass is 203 g/mol. The fourth-order valence-electron chi connectivity index (χ4n) is 1.87. The van der Waals surface area contributed by atoms with Crippen LogP contribution in [0, 0.1) is 5.92 Å². The minimum absolute atomic E-state index is 0.732. The lowest BCUT2D eigenvalue weighted by molar-refractivity contribution is 0.155. The molecule has 1 heterocycles. The van der Waals surface area contributed by atoms with Gasteiger partial charge in [-0.25, -0.2) is 5.48 Å². The zero-order valence-corrected chi connectivity index (χ0v) is 8.86. The lowest BCUT2D eigenvalue weighted by atomic mass is 9.94. The van der Waals surface area contributed by atoms with Gasteiger partial charge in [0, 0.05) is 5.70 Å². The second kappa shape index (κ2) is 5.44. The van der Waals surface area contributed by atoms with E-state index in [0.29, 0.717) is 0 Å². The highest BCUT2D eigenvalue weighted by molar-refractivity contribution is 5.12. The van der Waals surface area contributed by atoms with Crippen LogP contribution in [0.1, 0.15) is 25.7 Å². The Morgan fingerprint density at radius 2 is 2.33 bits per heavy atom. The van der Waals surface area contributed by atoms with Crippen LogP contribution in [-0.2, 0) is 4.84 Å². The highest BCUT2D eigenvalue weighted by Crippen LogP contribution is 2.19. The largest absolute Gasteiger partial charge is 0.390 e. The summed E-state index contributed by atoms with van der Waals surface area (Å²) < 4.78 is 0. The van der Waals surface area contributed by atoms with Gasteiger partial charge in [-0.3, -0.25) is 0 Å². The second-order valence-electron chi connectivity index (χ2n) is 3.94. The summed E-state index contributed by atoms with van der Waals surface area (Å²) in [6.45, 7) is 0. The van der Waals surface area contributed by atoms with E-state index in [-0.39, 0.29) is 0 Å². The molecule has 0 amide bonds. The third-order valence-electron chi connectivity index (χ3n) is 2.72. The van der Waals surface area contributed by atoms with E-state index < -0.39 is 0 Å². The van der Waals surface area contributed by atoms with Gasteiger partial charge < -0.3 is 4.84 Å². The summed E-state index contributed by atoms with van der Waals surface area (Å²) in [4.78, 5) is 5.00. The minimum atomic E-state index is 0.732. The van der Waals surface area contributed by atoms with Crippen molar-refractivity contribution in [2.75, 3.05) is 0 Å². The van der Waals surface area contributed by atoms with Gasteiger partial charge in [-0.2, -0.15) is 0 Å². The second-order valence-corrected chi connectivity index (χ2v) is 3.94. The Hall–Kier alpha value is -1.44. The summed E-state index contributed by atoms with van der Waals surface area (Å²) in [5, 5.41) is 0. The maximum Gasteiger partial charge on any atom is 0.119 e. The molecule has 0 aromatic heterocycles. The fraction of sp³-hybridized carbons (Fsp3) is 0.385. The molecule has 1 N–H and O–H groups in total. The average Bonchev–Trinajstić information content (AvgIpc) is 2.32. The average molecular weight is 203 g/mol. The molecule has 2 rings (SSSR count). The highest BCUT2D eigenvalue weighted by atomic mass is 16.6. The molecule has 0 bridgehead atoms. The third-order valence-corrected chi connectivity index (χ3v) is 2.72. The Labute approximate surface area is 91.0 Å². The molecule has 1 atom stereocenters. The molecule has 0 aromatic carbocycles. The summed E-state index contributed by atoms with van der Waals surface area (Å²) in [6, 6.07) is 0. The summed E-state index contributed by atoms with van der Waals surface area (Å²) in [5.74, 6) is 0.732. The van der Waals surface area contributed by atoms with Gasteiger partial charge in [0.15, 0.2) is 0 Å². The van der Waals surface area contributed by atoms with Crippen molar-refractivity contribution in [2.45, 2.75) is 25.7 Å². The number of allylic oxidation sites excluding steroid dienone is 7. The standard InChI is InChI=1S/C13H17NO/c1-2-6-12(7-3-1)8-4-9-13-10-5-11-15-14-13/h1-3,5-6,10-12,14H,4,7-9H2. The molecule has 1 aliphatic carbocycles. The molecule has 2 aliphatic rings. The summed E-state index contributed by atoms with van der Waals surface area (Å²) in [5.41, 5.74) is 4.07. The number of hydroxylamine groups is 1. The maximum absolute atomic E-state index is 5.00. The molecular formula is C13H17NO. The van der Waals surface area contributed by atoms with Crippen LogP contribution in [0.25, 0.3) is 0 Å². The van der Waals surface area contributed by atoms with Crippen molar-refractivity contribution in [2.24, 2.45) is 5.92 Å². The first-order chi connectivity index (χ1) is 7.45. The lowest BCUT2D eigenvalue weighted by Crippen LogP contribution is -2.13. The first kappa shape index (κ1) is 10.1. The van der Waals surface area contributed by atoms with E-state index >= 15 is 0 Å². The van der Waals surface area contributed by atoms with E-state index in [9.17, 15) is 0 Å². The number of nitrogens with one attached hydrogen (secondary N) is 1. The molecule has 2 nitrogen and oxygen atoms in total. The summed E-state index contributed by atoms with van der Waals surface area (Å²) in [6.07, 6.45) is 19.2. The number of hydrogen-bond donors (Lipinski definition) is 1. The van der Waals surface area contributed by atoms with Gasteiger partial charge in [0.05, 0.1) is 0 Å². The molecule has 0 radical (unpaired) electrons. The molecule has 1 aliphatic heterocycles. The predicted molar refractivity (Wildman–Crippen MR) is 61.7 cm³/mol. The van der Waals surface area contributed by atoms with Crippen LogP contribution < -0.4 is 5.48 Å². The Kier molecular flexibility index (Phi) is 3.66. The van der Waals surface area contributed by atoms with Crippen LogP contribution in [0.4, 0.5) is 0 Å². The van der Waals surface area contributed by atoms with Gasteiger partial charge in [0.1, 0.15) is 6.26 Å². The van der Waals surface area contributed by atoms with Gasteiger partial charge in [-0.15, -0.1) is 0 Å². The predicted octanol–water partition coefficient (Wildman–Crippen LogP) is 3.22. The topological polar surface area (TPSA) is 21.3 Å². The Bertz CT molecular complexity index is 312. The van der Waals surface area contributed by atoms with Crippen LogP contribution in [0.2, 0.25) is 0 Å². The van der Waals surface area contributed by atoms with Crippen molar-refractivity contribution in [3.05, 3.63) is 48.4 Å². The van der Waals surface area contributed by atoms with Crippen molar-refractivity contribution in [3.8, 4) is 0 Å². The molecule has 0 saturated carbocycles. The van der Waals surface area contributed by atoms with E-state index in [0.717, 1.165) is 12.3 Å².